The third-order valence-electron chi connectivity index (χ3n) is 4.35. The van der Waals surface area contributed by atoms with Crippen molar-refractivity contribution >= 4 is 5.91 Å². The molecule has 23 heavy (non-hydrogen) atoms. The lowest BCUT2D eigenvalue weighted by atomic mass is 10.0. The van der Waals surface area contributed by atoms with Crippen LogP contribution in [0.3, 0.4) is 0 Å². The summed E-state index contributed by atoms with van der Waals surface area (Å²) in [6.07, 6.45) is 2.01. The zero-order valence-corrected chi connectivity index (χ0v) is 13.6. The largest absolute Gasteiger partial charge is 0.331 e. The molecule has 0 bridgehead atoms. The minimum atomic E-state index is -0.446. The lowest BCUT2D eigenvalue weighted by Crippen LogP contribution is -2.33. The van der Waals surface area contributed by atoms with Gasteiger partial charge >= 0.3 is 0 Å². The zero-order chi connectivity index (χ0) is 16.4. The van der Waals surface area contributed by atoms with E-state index in [1.54, 1.807) is 18.2 Å². The van der Waals surface area contributed by atoms with Crippen molar-refractivity contribution in [3.63, 3.8) is 0 Å². The fraction of sp³-hybridized carbons (Fsp3) is 0.350. The third kappa shape index (κ3) is 3.61. The second-order valence-electron chi connectivity index (χ2n) is 6.54. The number of amides is 1. The Morgan fingerprint density at radius 1 is 1.13 bits per heavy atom. The van der Waals surface area contributed by atoms with Crippen molar-refractivity contribution in [2.45, 2.75) is 45.2 Å². The van der Waals surface area contributed by atoms with E-state index in [-0.39, 0.29) is 17.5 Å². The summed E-state index contributed by atoms with van der Waals surface area (Å²) in [5.41, 5.74) is 2.54. The maximum Gasteiger partial charge on any atom is 0.257 e. The van der Waals surface area contributed by atoms with Crippen LogP contribution in [0.25, 0.3) is 0 Å². The van der Waals surface area contributed by atoms with Crippen molar-refractivity contribution < 1.29 is 9.18 Å². The van der Waals surface area contributed by atoms with E-state index in [2.05, 4.69) is 38.1 Å². The molecule has 0 spiro atoms. The van der Waals surface area contributed by atoms with Gasteiger partial charge < -0.3 is 4.90 Å². The van der Waals surface area contributed by atoms with Crippen molar-refractivity contribution in [2.24, 2.45) is 0 Å². The third-order valence-corrected chi connectivity index (χ3v) is 4.35. The number of halogens is 1. The van der Waals surface area contributed by atoms with Crippen LogP contribution < -0.4 is 0 Å². The Bertz CT molecular complexity index is 689. The predicted octanol–water partition coefficient (Wildman–Crippen LogP) is 4.75. The monoisotopic (exact) mass is 311 g/mol. The van der Waals surface area contributed by atoms with Gasteiger partial charge in [0, 0.05) is 12.6 Å². The van der Waals surface area contributed by atoms with Gasteiger partial charge in [-0.2, -0.15) is 0 Å². The average molecular weight is 311 g/mol. The van der Waals surface area contributed by atoms with Crippen LogP contribution in [0, 0.1) is 5.82 Å². The molecular formula is C20H22FNO. The Morgan fingerprint density at radius 2 is 1.78 bits per heavy atom. The maximum atomic E-state index is 13.9. The van der Waals surface area contributed by atoms with Crippen LogP contribution in [0.15, 0.2) is 48.5 Å². The topological polar surface area (TPSA) is 20.3 Å². The predicted molar refractivity (Wildman–Crippen MR) is 89.8 cm³/mol. The summed E-state index contributed by atoms with van der Waals surface area (Å²) >= 11 is 0. The number of benzene rings is 2. The molecule has 1 saturated carbocycles. The molecule has 120 valence electrons. The van der Waals surface area contributed by atoms with Gasteiger partial charge in [-0.05, 0) is 42.0 Å². The van der Waals surface area contributed by atoms with Crippen molar-refractivity contribution in [2.75, 3.05) is 0 Å². The van der Waals surface area contributed by atoms with Gasteiger partial charge in [0.15, 0.2) is 0 Å². The van der Waals surface area contributed by atoms with Gasteiger partial charge in [0.1, 0.15) is 5.82 Å². The minimum absolute atomic E-state index is 0.165. The summed E-state index contributed by atoms with van der Waals surface area (Å²) in [7, 11) is 0. The van der Waals surface area contributed by atoms with Gasteiger partial charge in [-0.1, -0.05) is 50.2 Å². The average Bonchev–Trinajstić information content (AvgIpc) is 3.37. The van der Waals surface area contributed by atoms with Gasteiger partial charge in [0.25, 0.3) is 5.91 Å². The lowest BCUT2D eigenvalue weighted by Gasteiger charge is -2.23. The lowest BCUT2D eigenvalue weighted by molar-refractivity contribution is 0.0725. The second kappa shape index (κ2) is 6.53. The van der Waals surface area contributed by atoms with E-state index >= 15 is 0 Å². The summed E-state index contributed by atoms with van der Waals surface area (Å²) in [4.78, 5) is 14.5. The van der Waals surface area contributed by atoms with E-state index in [4.69, 9.17) is 0 Å². The summed E-state index contributed by atoms with van der Waals surface area (Å²) in [5, 5.41) is 0. The van der Waals surface area contributed by atoms with Crippen molar-refractivity contribution in [1.82, 2.24) is 4.90 Å². The standard InChI is InChI=1S/C20H22FNO/c1-14(2)16-9-7-15(8-10-16)13-22(17-11-12-17)20(23)18-5-3-4-6-19(18)21/h3-10,14,17H,11-13H2,1-2H3. The van der Waals surface area contributed by atoms with Gasteiger partial charge in [-0.3, -0.25) is 4.79 Å². The number of rotatable bonds is 5. The van der Waals surface area contributed by atoms with Gasteiger partial charge in [0.2, 0.25) is 0 Å². The minimum Gasteiger partial charge on any atom is -0.331 e. The van der Waals surface area contributed by atoms with Gasteiger partial charge in [0.05, 0.1) is 5.56 Å². The van der Waals surface area contributed by atoms with E-state index in [0.717, 1.165) is 18.4 Å². The molecule has 0 saturated heterocycles. The Morgan fingerprint density at radius 3 is 2.35 bits per heavy atom. The summed E-state index contributed by atoms with van der Waals surface area (Å²) in [6, 6.07) is 14.8. The van der Waals surface area contributed by atoms with Crippen LogP contribution >= 0.6 is 0 Å². The van der Waals surface area contributed by atoms with Gasteiger partial charge in [-0.15, -0.1) is 0 Å². The number of hydrogen-bond donors (Lipinski definition) is 0. The summed E-state index contributed by atoms with van der Waals surface area (Å²) < 4.78 is 13.9. The first-order chi connectivity index (χ1) is 11.1. The molecule has 3 heteroatoms. The second-order valence-corrected chi connectivity index (χ2v) is 6.54. The van der Waals surface area contributed by atoms with E-state index in [9.17, 15) is 9.18 Å². The van der Waals surface area contributed by atoms with Crippen LogP contribution in [0.5, 0.6) is 0 Å². The molecule has 0 aromatic heterocycles. The van der Waals surface area contributed by atoms with Crippen LogP contribution in [0.1, 0.15) is 54.1 Å². The molecule has 0 aliphatic heterocycles. The molecule has 2 nitrogen and oxygen atoms in total. The summed E-state index contributed by atoms with van der Waals surface area (Å²) in [6.45, 7) is 4.86. The normalized spacial score (nSPS) is 14.1. The molecule has 1 aliphatic rings. The van der Waals surface area contributed by atoms with Crippen molar-refractivity contribution in [3.05, 3.63) is 71.0 Å². The molecule has 0 atom stereocenters. The molecule has 2 aromatic carbocycles. The Labute approximate surface area is 136 Å². The van der Waals surface area contributed by atoms with Crippen LogP contribution in [-0.2, 0) is 6.54 Å². The number of hydrogen-bond acceptors (Lipinski definition) is 1. The van der Waals surface area contributed by atoms with Crippen LogP contribution in [0.2, 0.25) is 0 Å². The van der Waals surface area contributed by atoms with Gasteiger partial charge in [-0.25, -0.2) is 4.39 Å². The Balaban J connectivity index is 1.80. The first-order valence-corrected chi connectivity index (χ1v) is 8.20. The smallest absolute Gasteiger partial charge is 0.257 e. The molecule has 0 N–H and O–H groups in total. The molecule has 3 rings (SSSR count). The van der Waals surface area contributed by atoms with E-state index in [1.165, 1.54) is 11.6 Å². The molecule has 0 unspecified atom stereocenters. The number of carbonyl (C=O) groups excluding carboxylic acids is 1. The van der Waals surface area contributed by atoms with E-state index < -0.39 is 5.82 Å². The van der Waals surface area contributed by atoms with Crippen molar-refractivity contribution in [1.29, 1.82) is 0 Å². The molecule has 1 amide bonds. The Hall–Kier alpha value is -2.16. The van der Waals surface area contributed by atoms with Crippen molar-refractivity contribution in [3.8, 4) is 0 Å². The number of nitrogens with zero attached hydrogens (tertiary/aromatic N) is 1. The highest BCUT2D eigenvalue weighted by Gasteiger charge is 2.33. The zero-order valence-electron chi connectivity index (χ0n) is 13.6. The molecular weight excluding hydrogens is 289 g/mol. The van der Waals surface area contributed by atoms with Crippen LogP contribution in [-0.4, -0.2) is 16.8 Å². The summed E-state index contributed by atoms with van der Waals surface area (Å²) in [5.74, 6) is -0.166. The highest BCUT2D eigenvalue weighted by Crippen LogP contribution is 2.30. The molecule has 2 aromatic rings. The fourth-order valence-electron chi connectivity index (χ4n) is 2.75. The van der Waals surface area contributed by atoms with E-state index in [0.29, 0.717) is 12.5 Å². The maximum absolute atomic E-state index is 13.9. The van der Waals surface area contributed by atoms with Crippen LogP contribution in [0.4, 0.5) is 4.39 Å². The quantitative estimate of drug-likeness (QED) is 0.780. The Kier molecular flexibility index (Phi) is 4.46. The first kappa shape index (κ1) is 15.7. The molecule has 0 heterocycles. The highest BCUT2D eigenvalue weighted by atomic mass is 19.1. The fourth-order valence-corrected chi connectivity index (χ4v) is 2.75. The number of carbonyl (C=O) groups is 1. The molecule has 1 fully saturated rings. The van der Waals surface area contributed by atoms with E-state index in [1.807, 2.05) is 4.90 Å². The highest BCUT2D eigenvalue weighted by molar-refractivity contribution is 5.94. The SMILES string of the molecule is CC(C)c1ccc(CN(C(=O)c2ccccc2F)C2CC2)cc1. The molecule has 1 aliphatic carbocycles. The first-order valence-electron chi connectivity index (χ1n) is 8.20. The molecule has 0 radical (unpaired) electrons.